The fraction of sp³-hybridized carbons (Fsp3) is 0.867. The molecule has 0 spiro atoms. The van der Waals surface area contributed by atoms with Crippen LogP contribution in [0.25, 0.3) is 0 Å². The van der Waals surface area contributed by atoms with Gasteiger partial charge in [-0.2, -0.15) is 0 Å². The third-order valence-electron chi connectivity index (χ3n) is 8.86. The van der Waals surface area contributed by atoms with Gasteiger partial charge in [0.15, 0.2) is 25.5 Å². The van der Waals surface area contributed by atoms with Crippen LogP contribution in [0.1, 0.15) is 119 Å². The molecule has 6 atom stereocenters. The first-order valence-electron chi connectivity index (χ1n) is 15.5. The van der Waals surface area contributed by atoms with Crippen molar-refractivity contribution in [2.24, 2.45) is 0 Å². The van der Waals surface area contributed by atoms with Crippen LogP contribution in [-0.2, 0) is 19.2 Å². The third kappa shape index (κ3) is 15.7. The van der Waals surface area contributed by atoms with Crippen molar-refractivity contribution in [1.29, 1.82) is 0 Å². The molecule has 0 aromatic rings. The third-order valence-corrected chi connectivity index (χ3v) is 8.86. The van der Waals surface area contributed by atoms with Crippen molar-refractivity contribution < 1.29 is 58.8 Å². The van der Waals surface area contributed by atoms with E-state index in [-0.39, 0.29) is 46.7 Å². The van der Waals surface area contributed by atoms with Crippen molar-refractivity contribution in [1.82, 2.24) is 0 Å². The fourth-order valence-corrected chi connectivity index (χ4v) is 5.31. The Balaban J connectivity index is -0.000000727. The molecule has 0 amide bonds. The van der Waals surface area contributed by atoms with E-state index in [0.29, 0.717) is 25.9 Å². The molecule has 0 aromatic heterocycles. The number of carbonyl (C=O) groups is 4. The Hall–Kier alpha value is -1.02. The summed E-state index contributed by atoms with van der Waals surface area (Å²) in [5.41, 5.74) is 0. The first kappa shape index (κ1) is 46.4. The van der Waals surface area contributed by atoms with E-state index in [1.54, 1.807) is 0 Å². The Morgan fingerprint density at radius 1 is 0.535 bits per heavy atom. The van der Waals surface area contributed by atoms with Gasteiger partial charge in [0.2, 0.25) is 0 Å². The number of carboxylic acid groups (broad SMARTS) is 4. The zero-order chi connectivity index (χ0) is 32.9. The SMILES string of the molecule is CCCCCCCC[N+](CO)(C(C)C(=O)[O-])C(C)C(=O)O.CCCCCCCC[N+](CO)(C(C)C(=O)[O-])C(C)C(=O)O.[Ca+2]. The van der Waals surface area contributed by atoms with Gasteiger partial charge in [0.05, 0.1) is 25.0 Å². The molecule has 0 rings (SSSR count). The molecule has 0 aromatic carbocycles. The predicted molar refractivity (Wildman–Crippen MR) is 160 cm³/mol. The number of unbranched alkanes of at least 4 members (excludes halogenated alkanes) is 10. The summed E-state index contributed by atoms with van der Waals surface area (Å²) in [4.78, 5) is 44.9. The largest absolute Gasteiger partial charge is 2.00 e. The van der Waals surface area contributed by atoms with E-state index in [1.165, 1.54) is 40.5 Å². The predicted octanol–water partition coefficient (Wildman–Crippen LogP) is 1.07. The molecular weight excluding hydrogens is 588 g/mol. The van der Waals surface area contributed by atoms with Crippen molar-refractivity contribution in [2.45, 2.75) is 143 Å². The maximum absolute atomic E-state index is 11.3. The first-order chi connectivity index (χ1) is 19.7. The standard InChI is InChI=1S/2C15H29NO5.Ca/c2*1-4-5-6-7-8-9-10-16(11-17,12(2)14(18)19)13(3)15(20)21;/h2*12-13,17H,4-11H2,1-3H3,(H-,18,19,20,21);/q;;+2. The van der Waals surface area contributed by atoms with Crippen LogP contribution in [0.2, 0.25) is 0 Å². The molecule has 6 unspecified atom stereocenters. The van der Waals surface area contributed by atoms with Crippen LogP contribution >= 0.6 is 0 Å². The van der Waals surface area contributed by atoms with Crippen LogP contribution < -0.4 is 10.2 Å². The molecule has 0 aliphatic heterocycles. The molecule has 0 fully saturated rings. The molecule has 0 saturated heterocycles. The molecule has 43 heavy (non-hydrogen) atoms. The second-order valence-corrected chi connectivity index (χ2v) is 11.5. The second-order valence-electron chi connectivity index (χ2n) is 11.5. The Morgan fingerprint density at radius 2 is 0.791 bits per heavy atom. The molecule has 0 bridgehead atoms. The van der Waals surface area contributed by atoms with E-state index in [4.69, 9.17) is 0 Å². The minimum absolute atomic E-state index is 0. The Labute approximate surface area is 288 Å². The van der Waals surface area contributed by atoms with Gasteiger partial charge in [0.25, 0.3) is 0 Å². The zero-order valence-corrected chi connectivity index (χ0v) is 29.7. The van der Waals surface area contributed by atoms with E-state index >= 15 is 0 Å². The van der Waals surface area contributed by atoms with Crippen LogP contribution in [0.15, 0.2) is 0 Å². The summed E-state index contributed by atoms with van der Waals surface area (Å²) < 4.78 is -0.767. The quantitative estimate of drug-likeness (QED) is 0.0510. The molecule has 0 radical (unpaired) electrons. The Kier molecular flexibility index (Phi) is 27.2. The number of nitrogens with zero attached hydrogens (tertiary/aromatic N) is 2. The van der Waals surface area contributed by atoms with Gasteiger partial charge in [-0.25, -0.2) is 9.59 Å². The number of aliphatic hydroxyl groups is 2. The zero-order valence-electron chi connectivity index (χ0n) is 27.5. The Morgan fingerprint density at radius 3 is 1.00 bits per heavy atom. The monoisotopic (exact) mass is 646 g/mol. The van der Waals surface area contributed by atoms with Crippen molar-refractivity contribution >= 4 is 61.6 Å². The molecule has 13 heteroatoms. The minimum Gasteiger partial charge on any atom is -0.544 e. The maximum Gasteiger partial charge on any atom is 2.00 e. The first-order valence-corrected chi connectivity index (χ1v) is 15.5. The van der Waals surface area contributed by atoms with Crippen molar-refractivity contribution in [3.05, 3.63) is 0 Å². The molecule has 0 aliphatic carbocycles. The van der Waals surface area contributed by atoms with Crippen LogP contribution in [-0.4, -0.2) is 142 Å². The summed E-state index contributed by atoms with van der Waals surface area (Å²) in [6, 6.07) is -4.09. The molecule has 0 heterocycles. The van der Waals surface area contributed by atoms with Crippen molar-refractivity contribution in [2.75, 3.05) is 26.6 Å². The average molecular weight is 647 g/mol. The number of quaternary nitrogens is 2. The van der Waals surface area contributed by atoms with Gasteiger partial charge in [0, 0.05) is 0 Å². The van der Waals surface area contributed by atoms with Crippen molar-refractivity contribution in [3.8, 4) is 0 Å². The summed E-state index contributed by atoms with van der Waals surface area (Å²) in [6.07, 6.45) is 12.2. The number of aliphatic hydroxyl groups excluding tert-OH is 2. The van der Waals surface area contributed by atoms with Crippen molar-refractivity contribution in [3.63, 3.8) is 0 Å². The van der Waals surface area contributed by atoms with Gasteiger partial charge < -0.3 is 40.2 Å². The fourth-order valence-electron chi connectivity index (χ4n) is 5.31. The molecule has 248 valence electrons. The van der Waals surface area contributed by atoms with Crippen LogP contribution in [0.5, 0.6) is 0 Å². The van der Waals surface area contributed by atoms with Crippen LogP contribution in [0.3, 0.4) is 0 Å². The molecule has 0 saturated carbocycles. The van der Waals surface area contributed by atoms with E-state index < -0.39 is 61.5 Å². The van der Waals surface area contributed by atoms with Crippen LogP contribution in [0.4, 0.5) is 0 Å². The minimum atomic E-state index is -1.33. The normalized spacial score (nSPS) is 16.6. The summed E-state index contributed by atoms with van der Waals surface area (Å²) >= 11 is 0. The number of carbonyl (C=O) groups excluding carboxylic acids is 2. The molecule has 0 aliphatic rings. The van der Waals surface area contributed by atoms with Crippen LogP contribution in [0, 0.1) is 0 Å². The van der Waals surface area contributed by atoms with E-state index in [9.17, 15) is 49.8 Å². The number of hydrogen-bond donors (Lipinski definition) is 4. The second kappa shape index (κ2) is 25.2. The van der Waals surface area contributed by atoms with Gasteiger partial charge in [-0.05, 0) is 53.4 Å². The van der Waals surface area contributed by atoms with Gasteiger partial charge in [0.1, 0.15) is 12.1 Å². The van der Waals surface area contributed by atoms with E-state index in [2.05, 4.69) is 13.8 Å². The number of aliphatic carboxylic acids is 4. The summed E-state index contributed by atoms with van der Waals surface area (Å²) in [6.45, 7) is 9.56. The number of carboxylic acids is 4. The van der Waals surface area contributed by atoms with Gasteiger partial charge in [-0.1, -0.05) is 65.2 Å². The smallest absolute Gasteiger partial charge is 0.544 e. The molecular formula is C30H58CaN2O10+2. The van der Waals surface area contributed by atoms with Gasteiger partial charge in [-0.15, -0.1) is 0 Å². The van der Waals surface area contributed by atoms with E-state index in [0.717, 1.165) is 51.4 Å². The Bertz CT molecular complexity index is 695. The summed E-state index contributed by atoms with van der Waals surface area (Å²) in [5, 5.41) is 60.1. The van der Waals surface area contributed by atoms with Gasteiger partial charge >= 0.3 is 49.7 Å². The summed E-state index contributed by atoms with van der Waals surface area (Å²) in [5.74, 6) is -4.88. The topological polar surface area (TPSA) is 195 Å². The number of rotatable bonds is 24. The number of hydrogen-bond acceptors (Lipinski definition) is 8. The molecule has 4 N–H and O–H groups in total. The van der Waals surface area contributed by atoms with Gasteiger partial charge in [-0.3, -0.25) is 8.97 Å². The van der Waals surface area contributed by atoms with E-state index in [1.807, 2.05) is 0 Å². The summed E-state index contributed by atoms with van der Waals surface area (Å²) in [7, 11) is 0. The molecule has 12 nitrogen and oxygen atoms in total. The maximum atomic E-state index is 11.3. The average Bonchev–Trinajstić information content (AvgIpc) is 2.95.